The Morgan fingerprint density at radius 2 is 1.56 bits per heavy atom. The van der Waals surface area contributed by atoms with Crippen molar-refractivity contribution in [2.45, 2.75) is 59.8 Å². The van der Waals surface area contributed by atoms with Gasteiger partial charge in [0.1, 0.15) is 0 Å². The van der Waals surface area contributed by atoms with E-state index in [1.807, 2.05) is 0 Å². The fraction of sp³-hybridized carbons (Fsp3) is 0.933. The molecule has 0 aliphatic heterocycles. The SMILES string of the molecule is CCCCC(=O)SCC[N+](CC)(CCC)CCC. The molecule has 0 fully saturated rings. The van der Waals surface area contributed by atoms with Gasteiger partial charge < -0.3 is 4.48 Å². The standard InChI is InChI=1S/C15H32NOS/c1-5-9-10-15(17)18-14-13-16(8-4,11-6-2)12-7-3/h5-14H2,1-4H3/q+1. The predicted molar refractivity (Wildman–Crippen MR) is 83.0 cm³/mol. The third kappa shape index (κ3) is 7.42. The molecule has 3 heteroatoms. The number of hydrogen-bond acceptors (Lipinski definition) is 2. The molecule has 2 nitrogen and oxygen atoms in total. The maximum atomic E-state index is 11.6. The fourth-order valence-electron chi connectivity index (χ4n) is 2.50. The highest BCUT2D eigenvalue weighted by molar-refractivity contribution is 8.13. The van der Waals surface area contributed by atoms with Gasteiger partial charge in [-0.15, -0.1) is 0 Å². The van der Waals surface area contributed by atoms with E-state index in [1.54, 1.807) is 11.8 Å². The first-order chi connectivity index (χ1) is 8.64. The normalized spacial score (nSPS) is 11.8. The zero-order valence-electron chi connectivity index (χ0n) is 12.8. The lowest BCUT2D eigenvalue weighted by Crippen LogP contribution is -2.50. The van der Waals surface area contributed by atoms with Gasteiger partial charge in [-0.25, -0.2) is 0 Å². The number of quaternary nitrogens is 1. The van der Waals surface area contributed by atoms with Crippen molar-refractivity contribution in [3.8, 4) is 0 Å². The smallest absolute Gasteiger partial charge is 0.189 e. The first-order valence-corrected chi connectivity index (χ1v) is 8.63. The topological polar surface area (TPSA) is 17.1 Å². The van der Waals surface area contributed by atoms with Gasteiger partial charge in [0.2, 0.25) is 0 Å². The molecule has 0 N–H and O–H groups in total. The minimum Gasteiger partial charge on any atom is -0.323 e. The maximum absolute atomic E-state index is 11.6. The highest BCUT2D eigenvalue weighted by atomic mass is 32.2. The van der Waals surface area contributed by atoms with E-state index in [2.05, 4.69) is 27.7 Å². The van der Waals surface area contributed by atoms with Crippen LogP contribution in [0.25, 0.3) is 0 Å². The van der Waals surface area contributed by atoms with Gasteiger partial charge in [-0.05, 0) is 26.2 Å². The van der Waals surface area contributed by atoms with Crippen LogP contribution in [0.3, 0.4) is 0 Å². The number of nitrogens with zero attached hydrogens (tertiary/aromatic N) is 1. The third-order valence-electron chi connectivity index (χ3n) is 3.63. The first-order valence-electron chi connectivity index (χ1n) is 7.64. The number of hydrogen-bond donors (Lipinski definition) is 0. The van der Waals surface area contributed by atoms with Gasteiger partial charge in [-0.1, -0.05) is 39.0 Å². The molecule has 108 valence electrons. The van der Waals surface area contributed by atoms with Crippen LogP contribution in [0.5, 0.6) is 0 Å². The fourth-order valence-corrected chi connectivity index (χ4v) is 3.50. The predicted octanol–water partition coefficient (Wildman–Crippen LogP) is 4.09. The summed E-state index contributed by atoms with van der Waals surface area (Å²) in [5.41, 5.74) is 0. The Kier molecular flexibility index (Phi) is 10.8. The van der Waals surface area contributed by atoms with Crippen molar-refractivity contribution in [3.63, 3.8) is 0 Å². The Labute approximate surface area is 118 Å². The lowest BCUT2D eigenvalue weighted by atomic mass is 10.2. The molecular weight excluding hydrogens is 242 g/mol. The Hall–Kier alpha value is -0.0200. The number of thioether (sulfide) groups is 1. The van der Waals surface area contributed by atoms with Crippen molar-refractivity contribution in [2.24, 2.45) is 0 Å². The summed E-state index contributed by atoms with van der Waals surface area (Å²) in [5.74, 6) is 0.996. The summed E-state index contributed by atoms with van der Waals surface area (Å²) in [6.45, 7) is 13.8. The van der Waals surface area contributed by atoms with E-state index in [4.69, 9.17) is 0 Å². The highest BCUT2D eigenvalue weighted by Gasteiger charge is 2.23. The minimum atomic E-state index is 0.388. The second-order valence-electron chi connectivity index (χ2n) is 5.15. The molecule has 18 heavy (non-hydrogen) atoms. The van der Waals surface area contributed by atoms with Crippen molar-refractivity contribution in [1.82, 2.24) is 0 Å². The van der Waals surface area contributed by atoms with E-state index in [0.717, 1.165) is 31.6 Å². The molecule has 0 unspecified atom stereocenters. The molecule has 0 aromatic carbocycles. The molecule has 0 radical (unpaired) electrons. The molecule has 0 aromatic heterocycles. The molecule has 0 rings (SSSR count). The Morgan fingerprint density at radius 1 is 0.944 bits per heavy atom. The maximum Gasteiger partial charge on any atom is 0.189 e. The number of rotatable bonds is 11. The van der Waals surface area contributed by atoms with Crippen LogP contribution in [-0.4, -0.2) is 41.5 Å². The molecular formula is C15H32NOS+. The average Bonchev–Trinajstić information content (AvgIpc) is 2.36. The largest absolute Gasteiger partial charge is 0.323 e. The van der Waals surface area contributed by atoms with Crippen LogP contribution in [0.1, 0.15) is 59.8 Å². The van der Waals surface area contributed by atoms with Gasteiger partial charge in [-0.3, -0.25) is 4.79 Å². The van der Waals surface area contributed by atoms with Crippen LogP contribution < -0.4 is 0 Å². The summed E-state index contributed by atoms with van der Waals surface area (Å²) in [6, 6.07) is 0. The number of carbonyl (C=O) groups excluding carboxylic acids is 1. The zero-order chi connectivity index (χ0) is 13.9. The second kappa shape index (κ2) is 10.9. The number of unbranched alkanes of at least 4 members (excludes halogenated alkanes) is 1. The summed E-state index contributed by atoms with van der Waals surface area (Å²) in [7, 11) is 0. The van der Waals surface area contributed by atoms with Gasteiger partial charge >= 0.3 is 0 Å². The molecule has 0 aromatic rings. The van der Waals surface area contributed by atoms with Crippen molar-refractivity contribution in [1.29, 1.82) is 0 Å². The van der Waals surface area contributed by atoms with E-state index < -0.39 is 0 Å². The Morgan fingerprint density at radius 3 is 2.00 bits per heavy atom. The van der Waals surface area contributed by atoms with Gasteiger partial charge in [0.05, 0.1) is 31.9 Å². The van der Waals surface area contributed by atoms with E-state index >= 15 is 0 Å². The zero-order valence-corrected chi connectivity index (χ0v) is 13.7. The van der Waals surface area contributed by atoms with Crippen molar-refractivity contribution in [2.75, 3.05) is 31.9 Å². The van der Waals surface area contributed by atoms with Crippen molar-refractivity contribution in [3.05, 3.63) is 0 Å². The summed E-state index contributed by atoms with van der Waals surface area (Å²) < 4.78 is 1.20. The first kappa shape index (κ1) is 18.0. The molecule has 0 saturated carbocycles. The minimum absolute atomic E-state index is 0.388. The van der Waals surface area contributed by atoms with Crippen LogP contribution in [0, 0.1) is 0 Å². The molecule has 0 atom stereocenters. The Bertz CT molecular complexity index is 213. The summed E-state index contributed by atoms with van der Waals surface area (Å²) in [6.07, 6.45) is 5.40. The van der Waals surface area contributed by atoms with Gasteiger partial charge in [0.25, 0.3) is 0 Å². The summed E-state index contributed by atoms with van der Waals surface area (Å²) in [4.78, 5) is 11.6. The van der Waals surface area contributed by atoms with Crippen LogP contribution in [-0.2, 0) is 4.79 Å². The highest BCUT2D eigenvalue weighted by Crippen LogP contribution is 2.15. The molecule has 0 aliphatic rings. The van der Waals surface area contributed by atoms with E-state index in [-0.39, 0.29) is 0 Å². The third-order valence-corrected chi connectivity index (χ3v) is 4.54. The molecule has 0 amide bonds. The molecule has 0 heterocycles. The van der Waals surface area contributed by atoms with Crippen LogP contribution in [0.15, 0.2) is 0 Å². The van der Waals surface area contributed by atoms with E-state index in [0.29, 0.717) is 5.12 Å². The summed E-state index contributed by atoms with van der Waals surface area (Å²) >= 11 is 1.56. The van der Waals surface area contributed by atoms with Crippen LogP contribution in [0.4, 0.5) is 0 Å². The monoisotopic (exact) mass is 274 g/mol. The lowest BCUT2D eigenvalue weighted by Gasteiger charge is -2.37. The average molecular weight is 274 g/mol. The van der Waals surface area contributed by atoms with E-state index in [1.165, 1.54) is 37.0 Å². The second-order valence-corrected chi connectivity index (χ2v) is 6.30. The lowest BCUT2D eigenvalue weighted by molar-refractivity contribution is -0.924. The van der Waals surface area contributed by atoms with E-state index in [9.17, 15) is 4.79 Å². The summed E-state index contributed by atoms with van der Waals surface area (Å²) in [5, 5.41) is 0.388. The van der Waals surface area contributed by atoms with Gasteiger partial charge in [-0.2, -0.15) is 0 Å². The molecule has 0 aliphatic carbocycles. The molecule has 0 saturated heterocycles. The van der Waals surface area contributed by atoms with Gasteiger partial charge in [0, 0.05) is 6.42 Å². The molecule has 0 bridgehead atoms. The van der Waals surface area contributed by atoms with Gasteiger partial charge in [0.15, 0.2) is 5.12 Å². The van der Waals surface area contributed by atoms with Crippen molar-refractivity contribution < 1.29 is 9.28 Å². The quantitative estimate of drug-likeness (QED) is 0.528. The Balaban J connectivity index is 4.05. The van der Waals surface area contributed by atoms with Crippen LogP contribution in [0.2, 0.25) is 0 Å². The van der Waals surface area contributed by atoms with Crippen LogP contribution >= 0.6 is 11.8 Å². The number of carbonyl (C=O) groups is 1. The van der Waals surface area contributed by atoms with Crippen molar-refractivity contribution >= 4 is 16.9 Å². The molecule has 0 spiro atoms.